The second kappa shape index (κ2) is 19.0. The number of hydrogen-bond donors (Lipinski definition) is 5. The van der Waals surface area contributed by atoms with Crippen LogP contribution in [0.15, 0.2) is 24.3 Å². The summed E-state index contributed by atoms with van der Waals surface area (Å²) in [5.41, 5.74) is -0.0671. The first-order valence-electron chi connectivity index (χ1n) is 6.13. The summed E-state index contributed by atoms with van der Waals surface area (Å²) in [5.74, 6) is -1.31. The summed E-state index contributed by atoms with van der Waals surface area (Å²) in [4.78, 5) is 12.1. The van der Waals surface area contributed by atoms with Crippen LogP contribution in [0.5, 0.6) is 5.75 Å². The number of aromatic carboxylic acids is 1. The maximum atomic E-state index is 10.3. The number of para-hydroxylation sites is 1. The Labute approximate surface area is 149 Å². The number of carboxylic acids is 1. The number of phenols is 1. The third kappa shape index (κ3) is 14.3. The van der Waals surface area contributed by atoms with E-state index in [1.165, 1.54) is 12.1 Å². The number of hydrogen-bond acceptors (Lipinski definition) is 6. The molecule has 0 amide bonds. The van der Waals surface area contributed by atoms with E-state index in [4.69, 9.17) is 25.5 Å². The summed E-state index contributed by atoms with van der Waals surface area (Å²) in [6.45, 7) is 1.75. The predicted octanol–water partition coefficient (Wildman–Crippen LogP) is -0.884. The van der Waals surface area contributed by atoms with Gasteiger partial charge in [0.15, 0.2) is 0 Å². The average molecular weight is 367 g/mol. The summed E-state index contributed by atoms with van der Waals surface area (Å²) in [5, 5.41) is 42.8. The summed E-state index contributed by atoms with van der Waals surface area (Å²) in [6, 6.07) is 5.81. The van der Waals surface area contributed by atoms with E-state index in [2.05, 4.69) is 0 Å². The molecule has 0 bridgehead atoms. The van der Waals surface area contributed by atoms with E-state index in [1.807, 2.05) is 0 Å². The van der Waals surface area contributed by atoms with E-state index in [9.17, 15) is 4.79 Å². The molecule has 9 nitrogen and oxygen atoms in total. The molecule has 0 saturated heterocycles. The standard InChI is InChI=1S/C7H6O3.C6H15NO3.2O.Ti/c8-6-4-2-1-3-5(6)7(9)10;8-4-1-7(2-5-9)3-6-10;;;/h1-4,8H,(H,9,10);8-10H,1-6H2;;;/q;;2*-2;+4. The van der Waals surface area contributed by atoms with Crippen molar-refractivity contribution in [2.24, 2.45) is 0 Å². The zero-order chi connectivity index (χ0) is 15.4. The molecule has 0 fully saturated rings. The minimum atomic E-state index is -1.11. The second-order valence-electron chi connectivity index (χ2n) is 3.83. The number of benzene rings is 1. The van der Waals surface area contributed by atoms with Gasteiger partial charge >= 0.3 is 27.7 Å². The van der Waals surface area contributed by atoms with Gasteiger partial charge in [0.1, 0.15) is 11.3 Å². The van der Waals surface area contributed by atoms with Gasteiger partial charge in [-0.05, 0) is 12.1 Å². The van der Waals surface area contributed by atoms with Crippen LogP contribution in [0.2, 0.25) is 0 Å². The van der Waals surface area contributed by atoms with Crippen LogP contribution in [0.3, 0.4) is 0 Å². The molecule has 0 radical (unpaired) electrons. The smallest absolute Gasteiger partial charge is 2.00 e. The fourth-order valence-corrected chi connectivity index (χ4v) is 1.41. The number of nitrogens with zero attached hydrogens (tertiary/aromatic N) is 1. The topological polar surface area (TPSA) is 178 Å². The van der Waals surface area contributed by atoms with Crippen molar-refractivity contribution in [2.45, 2.75) is 0 Å². The molecule has 0 spiro atoms. The van der Waals surface area contributed by atoms with Crippen molar-refractivity contribution in [1.82, 2.24) is 4.90 Å². The molecule has 0 aliphatic rings. The summed E-state index contributed by atoms with van der Waals surface area (Å²) in [7, 11) is 0. The summed E-state index contributed by atoms with van der Waals surface area (Å²) < 4.78 is 0. The van der Waals surface area contributed by atoms with Crippen molar-refractivity contribution in [1.29, 1.82) is 0 Å². The van der Waals surface area contributed by atoms with Crippen molar-refractivity contribution in [3.05, 3.63) is 29.8 Å². The zero-order valence-electron chi connectivity index (χ0n) is 12.5. The molecule has 1 aromatic carbocycles. The van der Waals surface area contributed by atoms with Crippen LogP contribution in [-0.2, 0) is 32.7 Å². The van der Waals surface area contributed by atoms with Gasteiger partial charge in [-0.25, -0.2) is 4.79 Å². The number of carboxylic acid groups (broad SMARTS) is 1. The Morgan fingerprint density at radius 3 is 1.57 bits per heavy atom. The molecule has 0 unspecified atom stereocenters. The molecular formula is C13H21NO8Ti. The number of rotatable bonds is 7. The van der Waals surface area contributed by atoms with Gasteiger partial charge < -0.3 is 36.5 Å². The number of aromatic hydroxyl groups is 1. The quantitative estimate of drug-likeness (QED) is 0.388. The summed E-state index contributed by atoms with van der Waals surface area (Å²) >= 11 is 0. The molecule has 130 valence electrons. The van der Waals surface area contributed by atoms with Crippen LogP contribution < -0.4 is 0 Å². The average Bonchev–Trinajstić information content (AvgIpc) is 2.40. The Morgan fingerprint density at radius 1 is 0.913 bits per heavy atom. The molecule has 1 aromatic rings. The van der Waals surface area contributed by atoms with Crippen LogP contribution in [-0.4, -0.2) is 75.9 Å². The van der Waals surface area contributed by atoms with Crippen LogP contribution >= 0.6 is 0 Å². The van der Waals surface area contributed by atoms with Gasteiger partial charge in [0.2, 0.25) is 0 Å². The van der Waals surface area contributed by atoms with Gasteiger partial charge in [0.05, 0.1) is 19.8 Å². The first kappa shape index (κ1) is 29.9. The Bertz CT molecular complexity index is 380. The SMILES string of the molecule is O=C(O)c1ccccc1O.OCCN(CCO)CCO.[O-2].[O-2].[Ti+4]. The number of carbonyl (C=O) groups is 1. The van der Waals surface area contributed by atoms with Crippen molar-refractivity contribution in [3.63, 3.8) is 0 Å². The second-order valence-corrected chi connectivity index (χ2v) is 3.83. The zero-order valence-corrected chi connectivity index (χ0v) is 14.0. The Morgan fingerprint density at radius 2 is 1.30 bits per heavy atom. The van der Waals surface area contributed by atoms with E-state index in [0.29, 0.717) is 19.6 Å². The molecule has 23 heavy (non-hydrogen) atoms. The Balaban J connectivity index is -0.000000139. The largest absolute Gasteiger partial charge is 4.00 e. The van der Waals surface area contributed by atoms with Crippen LogP contribution in [0, 0.1) is 0 Å². The van der Waals surface area contributed by atoms with Gasteiger partial charge in [-0.3, -0.25) is 4.90 Å². The molecule has 0 aliphatic carbocycles. The van der Waals surface area contributed by atoms with Crippen LogP contribution in [0.4, 0.5) is 0 Å². The molecule has 0 atom stereocenters. The minimum absolute atomic E-state index is 0. The van der Waals surface area contributed by atoms with Crippen molar-refractivity contribution in [2.75, 3.05) is 39.5 Å². The molecule has 0 aromatic heterocycles. The molecule has 0 saturated carbocycles. The third-order valence-corrected chi connectivity index (χ3v) is 2.38. The number of aliphatic hydroxyl groups excluding tert-OH is 3. The van der Waals surface area contributed by atoms with Crippen LogP contribution in [0.1, 0.15) is 10.4 Å². The third-order valence-electron chi connectivity index (χ3n) is 2.38. The fraction of sp³-hybridized carbons (Fsp3) is 0.462. The van der Waals surface area contributed by atoms with E-state index in [1.54, 1.807) is 17.0 Å². The monoisotopic (exact) mass is 367 g/mol. The van der Waals surface area contributed by atoms with Gasteiger partial charge in [0, 0.05) is 19.6 Å². The van der Waals surface area contributed by atoms with Gasteiger partial charge in [-0.1, -0.05) is 12.1 Å². The van der Waals surface area contributed by atoms with Crippen molar-refractivity contribution < 1.29 is 63.0 Å². The van der Waals surface area contributed by atoms with E-state index in [0.717, 1.165) is 0 Å². The van der Waals surface area contributed by atoms with Gasteiger partial charge in [-0.2, -0.15) is 0 Å². The van der Waals surface area contributed by atoms with Gasteiger partial charge in [0.25, 0.3) is 0 Å². The molecule has 10 heteroatoms. The first-order chi connectivity index (χ1) is 9.56. The van der Waals surface area contributed by atoms with Crippen LogP contribution in [0.25, 0.3) is 0 Å². The maximum absolute atomic E-state index is 10.3. The fourth-order valence-electron chi connectivity index (χ4n) is 1.41. The van der Waals surface area contributed by atoms with E-state index >= 15 is 0 Å². The van der Waals surface area contributed by atoms with Crippen molar-refractivity contribution in [3.8, 4) is 5.75 Å². The Kier molecular flexibility index (Phi) is 24.7. The van der Waals surface area contributed by atoms with Gasteiger partial charge in [-0.15, -0.1) is 0 Å². The predicted molar refractivity (Wildman–Crippen MR) is 74.1 cm³/mol. The maximum Gasteiger partial charge on any atom is 4.00 e. The first-order valence-corrected chi connectivity index (χ1v) is 6.13. The molecular weight excluding hydrogens is 346 g/mol. The molecule has 0 aliphatic heterocycles. The van der Waals surface area contributed by atoms with E-state index in [-0.39, 0.29) is 63.8 Å². The summed E-state index contributed by atoms with van der Waals surface area (Å²) in [6.07, 6.45) is 0. The number of aliphatic hydroxyl groups is 3. The molecule has 5 N–H and O–H groups in total. The van der Waals surface area contributed by atoms with Crippen molar-refractivity contribution >= 4 is 5.97 Å². The molecule has 0 heterocycles. The minimum Gasteiger partial charge on any atom is -2.00 e. The van der Waals surface area contributed by atoms with E-state index < -0.39 is 5.97 Å². The Hall–Kier alpha value is -1.04. The molecule has 1 rings (SSSR count). The normalized spacial score (nSPS) is 8.70.